The third-order valence-electron chi connectivity index (χ3n) is 2.37. The highest BCUT2D eigenvalue weighted by Gasteiger charge is 2.23. The zero-order valence-corrected chi connectivity index (χ0v) is 7.29. The van der Waals surface area contributed by atoms with Crippen molar-refractivity contribution in [1.29, 1.82) is 0 Å². The number of rotatable bonds is 1. The number of benzene rings is 1. The van der Waals surface area contributed by atoms with Crippen molar-refractivity contribution >= 4 is 11.6 Å². The Morgan fingerprint density at radius 1 is 1.38 bits per heavy atom. The normalized spacial score (nSPS) is 21.5. The second-order valence-corrected chi connectivity index (χ2v) is 3.29. The number of para-hydroxylation sites is 1. The van der Waals surface area contributed by atoms with E-state index in [9.17, 15) is 4.79 Å². The van der Waals surface area contributed by atoms with Crippen molar-refractivity contribution in [2.75, 3.05) is 5.73 Å². The van der Waals surface area contributed by atoms with Crippen LogP contribution in [0.5, 0.6) is 0 Å². The fraction of sp³-hybridized carbons (Fsp3) is 0.300. The Morgan fingerprint density at radius 2 is 2.15 bits per heavy atom. The second kappa shape index (κ2) is 3.09. The largest absolute Gasteiger partial charge is 0.398 e. The number of nitrogen functional groups attached to an aromatic ring is 1. The Kier molecular flexibility index (Phi) is 1.93. The van der Waals surface area contributed by atoms with Crippen molar-refractivity contribution in [3.8, 4) is 0 Å². The Hall–Kier alpha value is -1.51. The number of hydrogen-bond acceptors (Lipinski definition) is 2. The van der Waals surface area contributed by atoms with E-state index in [0.717, 1.165) is 17.7 Å². The van der Waals surface area contributed by atoms with Gasteiger partial charge in [0.15, 0.2) is 0 Å². The standard InChI is InChI=1S/C10H12N2O/c11-8-4-2-1-3-7(8)9-5-6-10(13)12-9/h1-4,9H,5-6,11H2,(H,12,13)/t9-/m1/s1. The summed E-state index contributed by atoms with van der Waals surface area (Å²) in [4.78, 5) is 11.0. The van der Waals surface area contributed by atoms with Crippen LogP contribution in [0, 0.1) is 0 Å². The van der Waals surface area contributed by atoms with Crippen LogP contribution >= 0.6 is 0 Å². The molecular weight excluding hydrogens is 164 g/mol. The van der Waals surface area contributed by atoms with Gasteiger partial charge in [0.1, 0.15) is 0 Å². The van der Waals surface area contributed by atoms with Crippen LogP contribution in [-0.2, 0) is 4.79 Å². The Bertz CT molecular complexity index is 335. The van der Waals surface area contributed by atoms with Gasteiger partial charge in [-0.1, -0.05) is 18.2 Å². The quantitative estimate of drug-likeness (QED) is 0.632. The van der Waals surface area contributed by atoms with E-state index in [-0.39, 0.29) is 11.9 Å². The van der Waals surface area contributed by atoms with E-state index in [4.69, 9.17) is 5.73 Å². The van der Waals surface area contributed by atoms with Gasteiger partial charge in [-0.3, -0.25) is 4.79 Å². The molecule has 68 valence electrons. The molecule has 3 heteroatoms. The van der Waals surface area contributed by atoms with E-state index in [0.29, 0.717) is 6.42 Å². The lowest BCUT2D eigenvalue weighted by molar-refractivity contribution is -0.119. The maximum absolute atomic E-state index is 11.0. The van der Waals surface area contributed by atoms with Gasteiger partial charge in [0.05, 0.1) is 6.04 Å². The fourth-order valence-corrected chi connectivity index (χ4v) is 1.68. The van der Waals surface area contributed by atoms with E-state index in [1.165, 1.54) is 0 Å². The molecule has 3 nitrogen and oxygen atoms in total. The van der Waals surface area contributed by atoms with Crippen LogP contribution in [0.15, 0.2) is 24.3 Å². The summed E-state index contributed by atoms with van der Waals surface area (Å²) in [5.74, 6) is 0.119. The van der Waals surface area contributed by atoms with Crippen LogP contribution in [0.1, 0.15) is 24.4 Å². The Labute approximate surface area is 76.9 Å². The number of anilines is 1. The summed E-state index contributed by atoms with van der Waals surface area (Å²) in [6, 6.07) is 7.78. The average Bonchev–Trinajstić information content (AvgIpc) is 2.53. The highest BCUT2D eigenvalue weighted by atomic mass is 16.1. The number of nitrogens with two attached hydrogens (primary N) is 1. The first-order chi connectivity index (χ1) is 6.27. The van der Waals surface area contributed by atoms with E-state index < -0.39 is 0 Å². The van der Waals surface area contributed by atoms with Crippen molar-refractivity contribution < 1.29 is 4.79 Å². The third kappa shape index (κ3) is 1.49. The minimum atomic E-state index is 0.119. The Balaban J connectivity index is 2.26. The molecule has 0 bridgehead atoms. The van der Waals surface area contributed by atoms with Crippen LogP contribution in [0.3, 0.4) is 0 Å². The zero-order chi connectivity index (χ0) is 9.26. The zero-order valence-electron chi connectivity index (χ0n) is 7.29. The SMILES string of the molecule is Nc1ccccc1[C@H]1CCC(=O)N1. The lowest BCUT2D eigenvalue weighted by Gasteiger charge is -2.12. The second-order valence-electron chi connectivity index (χ2n) is 3.29. The van der Waals surface area contributed by atoms with E-state index in [1.54, 1.807) is 0 Å². The molecule has 1 aliphatic rings. The van der Waals surface area contributed by atoms with Crippen LogP contribution in [0.25, 0.3) is 0 Å². The smallest absolute Gasteiger partial charge is 0.220 e. The molecule has 1 aliphatic heterocycles. The molecule has 0 aromatic heterocycles. The first-order valence-electron chi connectivity index (χ1n) is 4.41. The summed E-state index contributed by atoms with van der Waals surface area (Å²) in [6.45, 7) is 0. The minimum Gasteiger partial charge on any atom is -0.398 e. The third-order valence-corrected chi connectivity index (χ3v) is 2.37. The van der Waals surface area contributed by atoms with Gasteiger partial charge in [0.2, 0.25) is 5.91 Å². The lowest BCUT2D eigenvalue weighted by Crippen LogP contribution is -2.19. The van der Waals surface area contributed by atoms with E-state index in [1.807, 2.05) is 24.3 Å². The fourth-order valence-electron chi connectivity index (χ4n) is 1.68. The molecule has 3 N–H and O–H groups in total. The highest BCUT2D eigenvalue weighted by molar-refractivity contribution is 5.79. The van der Waals surface area contributed by atoms with E-state index in [2.05, 4.69) is 5.32 Å². The van der Waals surface area contributed by atoms with Crippen molar-refractivity contribution in [2.45, 2.75) is 18.9 Å². The van der Waals surface area contributed by atoms with Gasteiger partial charge in [0, 0.05) is 12.1 Å². The predicted octanol–water partition coefficient (Wildman–Crippen LogP) is 1.22. The monoisotopic (exact) mass is 176 g/mol. The molecule has 2 rings (SSSR count). The summed E-state index contributed by atoms with van der Waals surface area (Å²) in [7, 11) is 0. The molecule has 0 spiro atoms. The number of hydrogen-bond donors (Lipinski definition) is 2. The molecule has 0 radical (unpaired) electrons. The molecular formula is C10H12N2O. The van der Waals surface area contributed by atoms with Gasteiger partial charge in [-0.05, 0) is 18.1 Å². The Morgan fingerprint density at radius 3 is 2.77 bits per heavy atom. The number of amides is 1. The predicted molar refractivity (Wildman–Crippen MR) is 51.0 cm³/mol. The minimum absolute atomic E-state index is 0.119. The molecule has 0 unspecified atom stereocenters. The van der Waals surface area contributed by atoms with Crippen molar-refractivity contribution in [2.24, 2.45) is 0 Å². The molecule has 0 saturated carbocycles. The molecule has 1 fully saturated rings. The van der Waals surface area contributed by atoms with Crippen LogP contribution < -0.4 is 11.1 Å². The van der Waals surface area contributed by atoms with Crippen LogP contribution in [0.2, 0.25) is 0 Å². The van der Waals surface area contributed by atoms with Crippen molar-refractivity contribution in [3.05, 3.63) is 29.8 Å². The molecule has 13 heavy (non-hydrogen) atoms. The molecule has 1 aromatic rings. The van der Waals surface area contributed by atoms with Gasteiger partial charge < -0.3 is 11.1 Å². The summed E-state index contributed by atoms with van der Waals surface area (Å²) < 4.78 is 0. The number of carbonyl (C=O) groups excluding carboxylic acids is 1. The summed E-state index contributed by atoms with van der Waals surface area (Å²) >= 11 is 0. The van der Waals surface area contributed by atoms with Gasteiger partial charge >= 0.3 is 0 Å². The molecule has 1 saturated heterocycles. The highest BCUT2D eigenvalue weighted by Crippen LogP contribution is 2.27. The summed E-state index contributed by atoms with van der Waals surface area (Å²) in [5.41, 5.74) is 7.59. The maximum atomic E-state index is 11.0. The molecule has 1 atom stereocenters. The van der Waals surface area contributed by atoms with E-state index >= 15 is 0 Å². The van der Waals surface area contributed by atoms with Gasteiger partial charge in [-0.2, -0.15) is 0 Å². The summed E-state index contributed by atoms with van der Waals surface area (Å²) in [5, 5.41) is 2.89. The van der Waals surface area contributed by atoms with Crippen LogP contribution in [0.4, 0.5) is 5.69 Å². The van der Waals surface area contributed by atoms with Gasteiger partial charge in [-0.15, -0.1) is 0 Å². The van der Waals surface area contributed by atoms with Gasteiger partial charge in [-0.25, -0.2) is 0 Å². The van der Waals surface area contributed by atoms with Crippen LogP contribution in [-0.4, -0.2) is 5.91 Å². The van der Waals surface area contributed by atoms with Crippen molar-refractivity contribution in [3.63, 3.8) is 0 Å². The number of nitrogens with one attached hydrogen (secondary N) is 1. The lowest BCUT2D eigenvalue weighted by atomic mass is 10.0. The van der Waals surface area contributed by atoms with Gasteiger partial charge in [0.25, 0.3) is 0 Å². The average molecular weight is 176 g/mol. The maximum Gasteiger partial charge on any atom is 0.220 e. The van der Waals surface area contributed by atoms with Crippen molar-refractivity contribution in [1.82, 2.24) is 5.32 Å². The molecule has 0 aliphatic carbocycles. The number of carbonyl (C=O) groups is 1. The first kappa shape index (κ1) is 8.10. The topological polar surface area (TPSA) is 55.1 Å². The molecule has 1 amide bonds. The molecule has 1 heterocycles. The summed E-state index contributed by atoms with van der Waals surface area (Å²) in [6.07, 6.45) is 1.46. The molecule has 1 aromatic carbocycles. The first-order valence-corrected chi connectivity index (χ1v) is 4.41.